The van der Waals surface area contributed by atoms with Crippen molar-refractivity contribution in [3.8, 4) is 0 Å². The van der Waals surface area contributed by atoms with Gasteiger partial charge in [0.05, 0.1) is 17.1 Å². The SMILES string of the molecule is O=S(=O)(CC1CC2=C(c3ccn(C(F)F)n3)[C@H](c3ccc(F)cc3Cl)N=C(c3nccs3)N2C1)N1C2CCC1CC(O)(c1ccccn1)C2. The number of aromatic nitrogens is 4. The van der Waals surface area contributed by atoms with Crippen LogP contribution in [0.5, 0.6) is 0 Å². The first kappa shape index (κ1) is 32.6. The third-order valence-corrected chi connectivity index (χ3v) is 13.1. The molecule has 256 valence electrons. The Morgan fingerprint density at radius 2 is 1.88 bits per heavy atom. The minimum absolute atomic E-state index is 0.107. The van der Waals surface area contributed by atoms with E-state index in [0.29, 0.717) is 50.9 Å². The van der Waals surface area contributed by atoms with Gasteiger partial charge in [0.2, 0.25) is 10.0 Å². The fourth-order valence-electron chi connectivity index (χ4n) is 8.01. The molecule has 3 fully saturated rings. The van der Waals surface area contributed by atoms with Crippen LogP contribution in [-0.4, -0.2) is 72.7 Å². The number of hydrogen-bond acceptors (Lipinski definition) is 9. The topological polar surface area (TPSA) is 117 Å². The zero-order chi connectivity index (χ0) is 34.1. The van der Waals surface area contributed by atoms with Crippen LogP contribution in [0.2, 0.25) is 5.02 Å². The third-order valence-electron chi connectivity index (χ3n) is 9.91. The van der Waals surface area contributed by atoms with Gasteiger partial charge in [0.25, 0.3) is 0 Å². The van der Waals surface area contributed by atoms with Crippen molar-refractivity contribution in [1.29, 1.82) is 0 Å². The van der Waals surface area contributed by atoms with Crippen molar-refractivity contribution in [2.75, 3.05) is 12.3 Å². The molecule has 3 unspecified atom stereocenters. The second kappa shape index (κ2) is 12.3. The second-order valence-corrected chi connectivity index (χ2v) is 16.2. The Labute approximate surface area is 289 Å². The lowest BCUT2D eigenvalue weighted by molar-refractivity contribution is -0.0374. The Kier molecular flexibility index (Phi) is 8.18. The number of amidine groups is 1. The van der Waals surface area contributed by atoms with Crippen LogP contribution in [0.4, 0.5) is 13.2 Å². The zero-order valence-electron chi connectivity index (χ0n) is 25.9. The molecular weight excluding hydrogens is 699 g/mol. The lowest BCUT2D eigenvalue weighted by Crippen LogP contribution is -2.53. The van der Waals surface area contributed by atoms with Gasteiger partial charge in [-0.15, -0.1) is 11.3 Å². The number of alkyl halides is 2. The van der Waals surface area contributed by atoms with Crippen LogP contribution in [0.1, 0.15) is 66.7 Å². The van der Waals surface area contributed by atoms with E-state index < -0.39 is 40.0 Å². The smallest absolute Gasteiger partial charge is 0.333 e. The first-order valence-electron chi connectivity index (χ1n) is 15.9. The van der Waals surface area contributed by atoms with Crippen molar-refractivity contribution in [1.82, 2.24) is 29.0 Å². The lowest BCUT2D eigenvalue weighted by Gasteiger charge is -2.42. The van der Waals surface area contributed by atoms with Gasteiger partial charge in [-0.25, -0.2) is 22.5 Å². The zero-order valence-corrected chi connectivity index (χ0v) is 28.3. The summed E-state index contributed by atoms with van der Waals surface area (Å²) in [6, 6.07) is 9.24. The van der Waals surface area contributed by atoms with Crippen LogP contribution in [-0.2, 0) is 15.6 Å². The lowest BCUT2D eigenvalue weighted by atomic mass is 9.84. The molecule has 10 nitrogen and oxygen atoms in total. The molecule has 8 rings (SSSR count). The number of aliphatic imine (C=N–C) groups is 1. The van der Waals surface area contributed by atoms with Crippen LogP contribution in [0, 0.1) is 11.7 Å². The van der Waals surface area contributed by atoms with Gasteiger partial charge in [-0.2, -0.15) is 18.2 Å². The molecule has 0 radical (unpaired) electrons. The molecule has 0 saturated carbocycles. The number of halogens is 4. The molecule has 4 aromatic rings. The normalized spacial score (nSPS) is 27.2. The number of pyridine rings is 1. The summed E-state index contributed by atoms with van der Waals surface area (Å²) >= 11 is 7.93. The van der Waals surface area contributed by atoms with Crippen LogP contribution in [0.3, 0.4) is 0 Å². The highest BCUT2D eigenvalue weighted by Gasteiger charge is 2.54. The van der Waals surface area contributed by atoms with Crippen LogP contribution in [0.15, 0.2) is 77.1 Å². The Morgan fingerprint density at radius 3 is 2.53 bits per heavy atom. The highest BCUT2D eigenvalue weighted by Crippen LogP contribution is 2.49. The van der Waals surface area contributed by atoms with Crippen molar-refractivity contribution in [3.63, 3.8) is 0 Å². The molecular formula is C33H31ClF3N7O3S2. The molecule has 3 saturated heterocycles. The van der Waals surface area contributed by atoms with Crippen LogP contribution < -0.4 is 0 Å². The summed E-state index contributed by atoms with van der Waals surface area (Å²) in [5.74, 6) is -0.599. The number of rotatable bonds is 8. The Morgan fingerprint density at radius 1 is 1.08 bits per heavy atom. The number of allylic oxidation sites excluding steroid dienone is 1. The van der Waals surface area contributed by atoms with E-state index in [1.807, 2.05) is 11.0 Å². The number of fused-ring (bicyclic) bond motifs is 3. The monoisotopic (exact) mass is 729 g/mol. The minimum atomic E-state index is -3.80. The maximum Gasteiger partial charge on any atom is 0.333 e. The third kappa shape index (κ3) is 5.78. The van der Waals surface area contributed by atoms with Gasteiger partial charge in [0.15, 0.2) is 10.8 Å². The van der Waals surface area contributed by atoms with Crippen molar-refractivity contribution in [2.24, 2.45) is 10.9 Å². The van der Waals surface area contributed by atoms with Crippen LogP contribution >= 0.6 is 22.9 Å². The fourth-order valence-corrected chi connectivity index (χ4v) is 11.2. The molecule has 3 aromatic heterocycles. The summed E-state index contributed by atoms with van der Waals surface area (Å²) in [5.41, 5.74) is 1.20. The van der Waals surface area contributed by atoms with Crippen molar-refractivity contribution >= 4 is 44.4 Å². The molecule has 1 aromatic carbocycles. The van der Waals surface area contributed by atoms with Gasteiger partial charge in [-0.3, -0.25) is 9.98 Å². The van der Waals surface area contributed by atoms with E-state index in [1.54, 1.807) is 34.2 Å². The summed E-state index contributed by atoms with van der Waals surface area (Å²) < 4.78 is 72.3. The predicted octanol–water partition coefficient (Wildman–Crippen LogP) is 6.00. The van der Waals surface area contributed by atoms with Gasteiger partial charge in [-0.05, 0) is 68.4 Å². The average Bonchev–Trinajstić information content (AvgIpc) is 3.88. The van der Waals surface area contributed by atoms with Gasteiger partial charge in [-0.1, -0.05) is 23.7 Å². The van der Waals surface area contributed by atoms with Crippen LogP contribution in [0.25, 0.3) is 5.57 Å². The molecule has 4 atom stereocenters. The molecule has 1 N–H and O–H groups in total. The maximum atomic E-state index is 14.3. The molecule has 0 amide bonds. The Hall–Kier alpha value is -3.63. The molecule has 2 bridgehead atoms. The summed E-state index contributed by atoms with van der Waals surface area (Å²) in [6.45, 7) is -2.59. The van der Waals surface area contributed by atoms with Crippen molar-refractivity contribution in [2.45, 2.75) is 62.4 Å². The quantitative estimate of drug-likeness (QED) is 0.237. The Bertz CT molecular complexity index is 2050. The predicted molar refractivity (Wildman–Crippen MR) is 178 cm³/mol. The summed E-state index contributed by atoms with van der Waals surface area (Å²) in [7, 11) is -3.80. The minimum Gasteiger partial charge on any atom is -0.383 e. The van der Waals surface area contributed by atoms with E-state index in [4.69, 9.17) is 16.6 Å². The number of aliphatic hydroxyl groups is 1. The first-order chi connectivity index (χ1) is 23.5. The number of piperidine rings is 1. The van der Waals surface area contributed by atoms with E-state index in [-0.39, 0.29) is 54.4 Å². The maximum absolute atomic E-state index is 14.3. The summed E-state index contributed by atoms with van der Waals surface area (Å²) in [6.07, 6.45) is 6.57. The number of benzene rings is 1. The molecule has 7 heterocycles. The largest absolute Gasteiger partial charge is 0.383 e. The highest BCUT2D eigenvalue weighted by molar-refractivity contribution is 7.89. The molecule has 4 aliphatic rings. The van der Waals surface area contributed by atoms with Crippen molar-refractivity contribution < 1.29 is 26.7 Å². The number of nitrogens with zero attached hydrogens (tertiary/aromatic N) is 7. The van der Waals surface area contributed by atoms with E-state index in [1.165, 1.54) is 41.8 Å². The van der Waals surface area contributed by atoms with E-state index in [9.17, 15) is 26.7 Å². The molecule has 49 heavy (non-hydrogen) atoms. The number of sulfonamides is 1. The standard InChI is InChI=1S/C33H31ClF3N7O3S2/c34-24-14-20(35)4-7-23(24)29-28(25-8-11-43(41-25)32(36)37)26-13-19(17-42(26)30(40-29)31-39-10-12-48-31)18-49(46,47)44-21-5-6-22(44)16-33(45,15-21)27-3-1-2-9-38-27/h1-4,7-12,14,19,21-22,29,32,45H,5-6,13,15-18H2/t19?,21?,22?,29-,33?/m0/s1. The van der Waals surface area contributed by atoms with Gasteiger partial charge >= 0.3 is 6.55 Å². The van der Waals surface area contributed by atoms with Gasteiger partial charge in [0, 0.05) is 64.5 Å². The van der Waals surface area contributed by atoms with Gasteiger partial charge in [0.1, 0.15) is 17.5 Å². The first-order valence-corrected chi connectivity index (χ1v) is 18.8. The van der Waals surface area contributed by atoms with Gasteiger partial charge < -0.3 is 10.0 Å². The second-order valence-electron chi connectivity index (χ2n) is 13.0. The van der Waals surface area contributed by atoms with E-state index >= 15 is 0 Å². The Balaban J connectivity index is 1.16. The number of thiazole rings is 1. The number of hydrogen-bond donors (Lipinski definition) is 1. The molecule has 16 heteroatoms. The summed E-state index contributed by atoms with van der Waals surface area (Å²) in [5, 5.41) is 18.2. The fraction of sp³-hybridized carbons (Fsp3) is 0.394. The van der Waals surface area contributed by atoms with E-state index in [0.717, 1.165) is 0 Å². The average molecular weight is 730 g/mol. The van der Waals surface area contributed by atoms with E-state index in [2.05, 4.69) is 15.1 Å². The molecule has 0 aliphatic carbocycles. The molecule has 4 aliphatic heterocycles. The molecule has 0 spiro atoms. The highest BCUT2D eigenvalue weighted by atomic mass is 35.5. The summed E-state index contributed by atoms with van der Waals surface area (Å²) in [4.78, 5) is 15.8. The van der Waals surface area contributed by atoms with Crippen molar-refractivity contribution in [3.05, 3.63) is 105 Å².